The molecular formula is C20H25N3O. The van der Waals surface area contributed by atoms with Gasteiger partial charge in [-0.3, -0.25) is 14.7 Å². The van der Waals surface area contributed by atoms with Gasteiger partial charge in [0.1, 0.15) is 0 Å². The molecule has 0 bridgehead atoms. The fraction of sp³-hybridized carbons (Fsp3) is 0.500. The summed E-state index contributed by atoms with van der Waals surface area (Å²) in [5, 5.41) is 1.04. The third-order valence-electron chi connectivity index (χ3n) is 5.69. The van der Waals surface area contributed by atoms with Crippen LogP contribution in [0.15, 0.2) is 36.5 Å². The van der Waals surface area contributed by atoms with Gasteiger partial charge in [0.2, 0.25) is 0 Å². The van der Waals surface area contributed by atoms with E-state index in [2.05, 4.69) is 21.7 Å². The van der Waals surface area contributed by atoms with Crippen LogP contribution in [0.1, 0.15) is 43.0 Å². The maximum absolute atomic E-state index is 13.3. The zero-order chi connectivity index (χ0) is 16.5. The Balaban J connectivity index is 1.65. The summed E-state index contributed by atoms with van der Waals surface area (Å²) in [5.74, 6) is 0.157. The predicted octanol–water partition coefficient (Wildman–Crippen LogP) is 3.32. The van der Waals surface area contributed by atoms with Gasteiger partial charge in [-0.1, -0.05) is 25.1 Å². The van der Waals surface area contributed by atoms with Crippen molar-refractivity contribution in [3.05, 3.63) is 42.1 Å². The van der Waals surface area contributed by atoms with Crippen LogP contribution in [0.4, 0.5) is 0 Å². The Labute approximate surface area is 143 Å². The molecule has 2 fully saturated rings. The maximum atomic E-state index is 13.3. The predicted molar refractivity (Wildman–Crippen MR) is 96.1 cm³/mol. The lowest BCUT2D eigenvalue weighted by atomic mass is 10.0. The summed E-state index contributed by atoms with van der Waals surface area (Å²) in [7, 11) is 0. The number of nitrogens with zero attached hydrogens (tertiary/aromatic N) is 3. The second kappa shape index (κ2) is 6.52. The number of carbonyl (C=O) groups excluding carboxylic acids is 1. The fourth-order valence-electron chi connectivity index (χ4n) is 4.56. The van der Waals surface area contributed by atoms with Crippen molar-refractivity contribution in [2.24, 2.45) is 0 Å². The van der Waals surface area contributed by atoms with E-state index in [1.54, 1.807) is 6.20 Å². The lowest BCUT2D eigenvalue weighted by Gasteiger charge is -2.34. The van der Waals surface area contributed by atoms with E-state index in [1.165, 1.54) is 19.4 Å². The van der Waals surface area contributed by atoms with Gasteiger partial charge in [-0.25, -0.2) is 0 Å². The van der Waals surface area contributed by atoms with Crippen LogP contribution in [-0.2, 0) is 0 Å². The zero-order valence-electron chi connectivity index (χ0n) is 14.3. The molecule has 1 aromatic heterocycles. The number of likely N-dealkylation sites (tertiary alicyclic amines) is 2. The van der Waals surface area contributed by atoms with Crippen molar-refractivity contribution in [2.45, 2.75) is 44.7 Å². The van der Waals surface area contributed by atoms with Crippen LogP contribution in [0, 0.1) is 0 Å². The molecule has 4 rings (SSSR count). The van der Waals surface area contributed by atoms with Crippen molar-refractivity contribution in [3.8, 4) is 0 Å². The highest BCUT2D eigenvalue weighted by Gasteiger charge is 2.39. The van der Waals surface area contributed by atoms with Gasteiger partial charge in [0.25, 0.3) is 5.91 Å². The van der Waals surface area contributed by atoms with Gasteiger partial charge in [0.05, 0.1) is 11.1 Å². The Morgan fingerprint density at radius 2 is 1.92 bits per heavy atom. The van der Waals surface area contributed by atoms with Crippen molar-refractivity contribution in [3.63, 3.8) is 0 Å². The lowest BCUT2D eigenvalue weighted by molar-refractivity contribution is 0.0651. The van der Waals surface area contributed by atoms with Crippen molar-refractivity contribution >= 4 is 16.8 Å². The van der Waals surface area contributed by atoms with Crippen LogP contribution < -0.4 is 0 Å². The third-order valence-corrected chi connectivity index (χ3v) is 5.69. The molecule has 3 heterocycles. The number of likely N-dealkylation sites (N-methyl/N-ethyl adjacent to an activating group) is 1. The van der Waals surface area contributed by atoms with E-state index in [-0.39, 0.29) is 5.91 Å². The van der Waals surface area contributed by atoms with Crippen LogP contribution in [-0.4, -0.2) is 52.4 Å². The lowest BCUT2D eigenvalue weighted by Crippen LogP contribution is -2.48. The largest absolute Gasteiger partial charge is 0.334 e. The minimum Gasteiger partial charge on any atom is -0.334 e. The zero-order valence-corrected chi connectivity index (χ0v) is 14.3. The first-order chi connectivity index (χ1) is 11.8. The van der Waals surface area contributed by atoms with E-state index in [0.29, 0.717) is 12.1 Å². The van der Waals surface area contributed by atoms with E-state index in [9.17, 15) is 4.79 Å². The Bertz CT molecular complexity index is 739. The van der Waals surface area contributed by atoms with Crippen LogP contribution in [0.25, 0.3) is 10.9 Å². The number of carbonyl (C=O) groups is 1. The summed E-state index contributed by atoms with van der Waals surface area (Å²) in [6, 6.07) is 10.8. The molecule has 126 valence electrons. The average molecular weight is 323 g/mol. The van der Waals surface area contributed by atoms with Crippen LogP contribution in [0.3, 0.4) is 0 Å². The van der Waals surface area contributed by atoms with Crippen LogP contribution in [0.5, 0.6) is 0 Å². The van der Waals surface area contributed by atoms with Crippen molar-refractivity contribution in [1.82, 2.24) is 14.8 Å². The first kappa shape index (κ1) is 15.6. The molecule has 1 aromatic carbocycles. The second-order valence-electron chi connectivity index (χ2n) is 6.93. The number of hydrogen-bond donors (Lipinski definition) is 0. The third kappa shape index (κ3) is 2.59. The molecule has 2 saturated heterocycles. The molecule has 2 aromatic rings. The summed E-state index contributed by atoms with van der Waals surface area (Å²) in [6.07, 6.45) is 6.49. The average Bonchev–Trinajstić information content (AvgIpc) is 3.28. The molecule has 0 unspecified atom stereocenters. The van der Waals surface area contributed by atoms with Crippen LogP contribution >= 0.6 is 0 Å². The Hall–Kier alpha value is -1.94. The molecule has 0 radical (unpaired) electrons. The molecule has 2 aliphatic rings. The summed E-state index contributed by atoms with van der Waals surface area (Å²) in [5.41, 5.74) is 1.58. The Morgan fingerprint density at radius 3 is 2.79 bits per heavy atom. The molecule has 2 atom stereocenters. The molecule has 2 aliphatic heterocycles. The van der Waals surface area contributed by atoms with E-state index in [4.69, 9.17) is 0 Å². The van der Waals surface area contributed by atoms with Crippen molar-refractivity contribution in [1.29, 1.82) is 0 Å². The molecule has 0 saturated carbocycles. The quantitative estimate of drug-likeness (QED) is 0.869. The van der Waals surface area contributed by atoms with Crippen molar-refractivity contribution < 1.29 is 4.79 Å². The second-order valence-corrected chi connectivity index (χ2v) is 6.93. The smallest absolute Gasteiger partial charge is 0.256 e. The Morgan fingerprint density at radius 1 is 1.12 bits per heavy atom. The number of aromatic nitrogens is 1. The number of rotatable bonds is 3. The summed E-state index contributed by atoms with van der Waals surface area (Å²) >= 11 is 0. The highest BCUT2D eigenvalue weighted by Crippen LogP contribution is 2.31. The minimum atomic E-state index is 0.157. The maximum Gasteiger partial charge on any atom is 0.256 e. The van der Waals surface area contributed by atoms with E-state index in [1.807, 2.05) is 30.3 Å². The standard InChI is InChI=1S/C20H25N3O/c1-2-22-13-5-10-17(22)18-11-6-14-23(18)20(24)16-9-3-7-15-8-4-12-21-19(15)16/h3-4,7-9,12,17-18H,2,5-6,10-11,13-14H2,1H3/t17-,18+/m1/s1. The van der Waals surface area contributed by atoms with Gasteiger partial charge in [-0.2, -0.15) is 0 Å². The van der Waals surface area contributed by atoms with Gasteiger partial charge >= 0.3 is 0 Å². The van der Waals surface area contributed by atoms with Gasteiger partial charge in [-0.15, -0.1) is 0 Å². The van der Waals surface area contributed by atoms with Gasteiger partial charge < -0.3 is 4.90 Å². The number of para-hydroxylation sites is 1. The summed E-state index contributed by atoms with van der Waals surface area (Å²) in [6.45, 7) is 5.36. The van der Waals surface area contributed by atoms with E-state index < -0.39 is 0 Å². The first-order valence-corrected chi connectivity index (χ1v) is 9.18. The molecule has 0 spiro atoms. The molecule has 0 N–H and O–H groups in total. The molecule has 0 aliphatic carbocycles. The van der Waals surface area contributed by atoms with Crippen molar-refractivity contribution in [2.75, 3.05) is 19.6 Å². The molecule has 24 heavy (non-hydrogen) atoms. The topological polar surface area (TPSA) is 36.4 Å². The fourth-order valence-corrected chi connectivity index (χ4v) is 4.56. The van der Waals surface area contributed by atoms with Gasteiger partial charge in [-0.05, 0) is 50.9 Å². The first-order valence-electron chi connectivity index (χ1n) is 9.18. The number of pyridine rings is 1. The number of benzene rings is 1. The normalized spacial score (nSPS) is 24.8. The monoisotopic (exact) mass is 323 g/mol. The highest BCUT2D eigenvalue weighted by molar-refractivity contribution is 6.05. The van der Waals surface area contributed by atoms with Gasteiger partial charge in [0, 0.05) is 30.2 Å². The van der Waals surface area contributed by atoms with Gasteiger partial charge in [0.15, 0.2) is 0 Å². The van der Waals surface area contributed by atoms with Crippen LogP contribution in [0.2, 0.25) is 0 Å². The molecule has 4 heteroatoms. The molecule has 1 amide bonds. The number of fused-ring (bicyclic) bond motifs is 1. The minimum absolute atomic E-state index is 0.157. The summed E-state index contributed by atoms with van der Waals surface area (Å²) < 4.78 is 0. The molecule has 4 nitrogen and oxygen atoms in total. The van der Waals surface area contributed by atoms with E-state index in [0.717, 1.165) is 42.4 Å². The summed E-state index contributed by atoms with van der Waals surface area (Å²) in [4.78, 5) is 22.4. The Kier molecular flexibility index (Phi) is 4.23. The van der Waals surface area contributed by atoms with E-state index >= 15 is 0 Å². The number of amides is 1. The highest BCUT2D eigenvalue weighted by atomic mass is 16.2. The number of hydrogen-bond acceptors (Lipinski definition) is 3. The SMILES string of the molecule is CCN1CCC[C@@H]1[C@@H]1CCCN1C(=O)c1cccc2cccnc12. The molecular weight excluding hydrogens is 298 g/mol.